The predicted molar refractivity (Wildman–Crippen MR) is 101 cm³/mol. The summed E-state index contributed by atoms with van der Waals surface area (Å²) in [6, 6.07) is 22.5. The molecule has 0 unspecified atom stereocenters. The Hall–Kier alpha value is -2.81. The van der Waals surface area contributed by atoms with Crippen molar-refractivity contribution in [1.29, 1.82) is 0 Å². The number of carbonyl (C=O) groups is 1. The molecule has 0 aliphatic carbocycles. The van der Waals surface area contributed by atoms with E-state index < -0.39 is 0 Å². The Morgan fingerprint density at radius 3 is 2.00 bits per heavy atom. The minimum Gasteiger partial charge on any atom is -0.362 e. The Balaban J connectivity index is 1.72. The summed E-state index contributed by atoms with van der Waals surface area (Å²) in [6.07, 6.45) is 0.441. The van der Waals surface area contributed by atoms with Crippen molar-refractivity contribution in [2.24, 2.45) is 0 Å². The van der Waals surface area contributed by atoms with Gasteiger partial charge in [-0.15, -0.1) is 0 Å². The van der Waals surface area contributed by atoms with E-state index in [1.807, 2.05) is 50.2 Å². The molecule has 0 saturated heterocycles. The number of aromatic amines is 1. The molecule has 0 aliphatic rings. The average molecular weight is 332 g/mol. The molecule has 0 spiro atoms. The van der Waals surface area contributed by atoms with Crippen LogP contribution in [0.1, 0.15) is 40.4 Å². The number of rotatable bonds is 6. The van der Waals surface area contributed by atoms with Crippen molar-refractivity contribution in [1.82, 2.24) is 10.3 Å². The SMILES string of the molecule is Cc1cc(CNC(=O)CC(c2ccccc2)c2ccccc2)c(C)[nH]1. The molecule has 0 fully saturated rings. The molecule has 0 aliphatic heterocycles. The molecule has 0 bridgehead atoms. The van der Waals surface area contributed by atoms with Crippen LogP contribution in [0, 0.1) is 13.8 Å². The molecule has 2 aromatic carbocycles. The molecule has 0 saturated carbocycles. The molecular formula is C22H24N2O. The van der Waals surface area contributed by atoms with Gasteiger partial charge in [-0.05, 0) is 36.6 Å². The molecule has 128 valence electrons. The van der Waals surface area contributed by atoms with Gasteiger partial charge >= 0.3 is 0 Å². The summed E-state index contributed by atoms with van der Waals surface area (Å²) in [5.41, 5.74) is 5.70. The molecule has 0 radical (unpaired) electrons. The summed E-state index contributed by atoms with van der Waals surface area (Å²) >= 11 is 0. The summed E-state index contributed by atoms with van der Waals surface area (Å²) in [5.74, 6) is 0.132. The predicted octanol–water partition coefficient (Wildman–Crippen LogP) is 4.47. The molecular weight excluding hydrogens is 308 g/mol. The van der Waals surface area contributed by atoms with Crippen molar-refractivity contribution in [3.63, 3.8) is 0 Å². The van der Waals surface area contributed by atoms with Crippen LogP contribution in [0.4, 0.5) is 0 Å². The zero-order valence-corrected chi connectivity index (χ0v) is 14.8. The zero-order valence-electron chi connectivity index (χ0n) is 14.8. The Labute approximate surface area is 149 Å². The number of nitrogens with one attached hydrogen (secondary N) is 2. The monoisotopic (exact) mass is 332 g/mol. The third kappa shape index (κ3) is 4.38. The lowest BCUT2D eigenvalue weighted by atomic mass is 9.88. The second kappa shape index (κ2) is 7.84. The highest BCUT2D eigenvalue weighted by Crippen LogP contribution is 2.27. The van der Waals surface area contributed by atoms with Gasteiger partial charge in [-0.2, -0.15) is 0 Å². The van der Waals surface area contributed by atoms with E-state index in [4.69, 9.17) is 0 Å². The fourth-order valence-corrected chi connectivity index (χ4v) is 3.22. The lowest BCUT2D eigenvalue weighted by Crippen LogP contribution is -2.25. The number of amides is 1. The van der Waals surface area contributed by atoms with Gasteiger partial charge in [0.15, 0.2) is 0 Å². The van der Waals surface area contributed by atoms with Gasteiger partial charge in [-0.1, -0.05) is 60.7 Å². The van der Waals surface area contributed by atoms with Crippen molar-refractivity contribution >= 4 is 5.91 Å². The van der Waals surface area contributed by atoms with Gasteiger partial charge in [0.05, 0.1) is 0 Å². The van der Waals surface area contributed by atoms with Crippen LogP contribution in [0.15, 0.2) is 66.7 Å². The zero-order chi connectivity index (χ0) is 17.6. The maximum Gasteiger partial charge on any atom is 0.221 e. The number of hydrogen-bond donors (Lipinski definition) is 2. The number of H-pyrrole nitrogens is 1. The second-order valence-corrected chi connectivity index (χ2v) is 6.46. The van der Waals surface area contributed by atoms with Gasteiger partial charge in [0.25, 0.3) is 0 Å². The lowest BCUT2D eigenvalue weighted by Gasteiger charge is -2.18. The van der Waals surface area contributed by atoms with Crippen molar-refractivity contribution in [3.8, 4) is 0 Å². The summed E-state index contributed by atoms with van der Waals surface area (Å²) in [5, 5.41) is 3.06. The van der Waals surface area contributed by atoms with E-state index >= 15 is 0 Å². The highest BCUT2D eigenvalue weighted by Gasteiger charge is 2.18. The van der Waals surface area contributed by atoms with Crippen molar-refractivity contribution in [2.75, 3.05) is 0 Å². The first-order chi connectivity index (χ1) is 12.1. The van der Waals surface area contributed by atoms with Gasteiger partial charge in [0, 0.05) is 30.3 Å². The molecule has 1 amide bonds. The van der Waals surface area contributed by atoms with Crippen LogP contribution in [0.3, 0.4) is 0 Å². The average Bonchev–Trinajstić information content (AvgIpc) is 2.96. The lowest BCUT2D eigenvalue weighted by molar-refractivity contribution is -0.121. The number of aromatic nitrogens is 1. The molecule has 3 aromatic rings. The summed E-state index contributed by atoms with van der Waals surface area (Å²) in [6.45, 7) is 4.62. The first-order valence-electron chi connectivity index (χ1n) is 8.65. The Morgan fingerprint density at radius 2 is 1.52 bits per heavy atom. The van der Waals surface area contributed by atoms with Crippen molar-refractivity contribution < 1.29 is 4.79 Å². The fourth-order valence-electron chi connectivity index (χ4n) is 3.22. The molecule has 3 rings (SSSR count). The topological polar surface area (TPSA) is 44.9 Å². The van der Waals surface area contributed by atoms with Crippen LogP contribution in [0.25, 0.3) is 0 Å². The van der Waals surface area contributed by atoms with Gasteiger partial charge in [-0.25, -0.2) is 0 Å². The normalized spacial score (nSPS) is 10.8. The van der Waals surface area contributed by atoms with Gasteiger partial charge in [0.1, 0.15) is 0 Å². The maximum atomic E-state index is 12.6. The Bertz CT molecular complexity index is 782. The van der Waals surface area contributed by atoms with Crippen LogP contribution in [-0.2, 0) is 11.3 Å². The van der Waals surface area contributed by atoms with Crippen molar-refractivity contribution in [2.45, 2.75) is 32.7 Å². The van der Waals surface area contributed by atoms with E-state index in [0.717, 1.165) is 28.1 Å². The molecule has 3 nitrogen and oxygen atoms in total. The van der Waals surface area contributed by atoms with Gasteiger partial charge < -0.3 is 10.3 Å². The van der Waals surface area contributed by atoms with E-state index in [1.165, 1.54) is 0 Å². The first kappa shape index (κ1) is 17.0. The van der Waals surface area contributed by atoms with Gasteiger partial charge in [-0.3, -0.25) is 4.79 Å². The van der Waals surface area contributed by atoms with Crippen LogP contribution in [0.5, 0.6) is 0 Å². The van der Waals surface area contributed by atoms with Crippen molar-refractivity contribution in [3.05, 3.63) is 94.8 Å². The molecule has 2 N–H and O–H groups in total. The van der Waals surface area contributed by atoms with Crippen LogP contribution in [0.2, 0.25) is 0 Å². The second-order valence-electron chi connectivity index (χ2n) is 6.46. The number of carbonyl (C=O) groups excluding carboxylic acids is 1. The minimum atomic E-state index is 0.0657. The smallest absolute Gasteiger partial charge is 0.221 e. The standard InChI is InChI=1S/C22H24N2O/c1-16-13-20(17(2)24-16)15-23-22(25)14-21(18-9-5-3-6-10-18)19-11-7-4-8-12-19/h3-13,21,24H,14-15H2,1-2H3,(H,23,25). The van der Waals surface area contributed by atoms with E-state index in [2.05, 4.69) is 40.6 Å². The number of benzene rings is 2. The molecule has 1 aromatic heterocycles. The Kier molecular flexibility index (Phi) is 5.34. The maximum absolute atomic E-state index is 12.6. The third-order valence-corrected chi connectivity index (χ3v) is 4.53. The van der Waals surface area contributed by atoms with E-state index in [1.54, 1.807) is 0 Å². The van der Waals surface area contributed by atoms with E-state index in [9.17, 15) is 4.79 Å². The summed E-state index contributed by atoms with van der Waals surface area (Å²) in [4.78, 5) is 15.8. The minimum absolute atomic E-state index is 0.0657. The molecule has 3 heteroatoms. The fraction of sp³-hybridized carbons (Fsp3) is 0.227. The highest BCUT2D eigenvalue weighted by atomic mass is 16.1. The largest absolute Gasteiger partial charge is 0.362 e. The van der Waals surface area contributed by atoms with Crippen LogP contribution in [-0.4, -0.2) is 10.9 Å². The summed E-state index contributed by atoms with van der Waals surface area (Å²) in [7, 11) is 0. The Morgan fingerprint density at radius 1 is 0.960 bits per heavy atom. The first-order valence-corrected chi connectivity index (χ1v) is 8.65. The van der Waals surface area contributed by atoms with E-state index in [-0.39, 0.29) is 11.8 Å². The number of hydrogen-bond acceptors (Lipinski definition) is 1. The van der Waals surface area contributed by atoms with Crippen LogP contribution < -0.4 is 5.32 Å². The van der Waals surface area contributed by atoms with E-state index in [0.29, 0.717) is 13.0 Å². The van der Waals surface area contributed by atoms with Crippen LogP contribution >= 0.6 is 0 Å². The molecule has 0 atom stereocenters. The highest BCUT2D eigenvalue weighted by molar-refractivity contribution is 5.77. The van der Waals surface area contributed by atoms with Gasteiger partial charge in [0.2, 0.25) is 5.91 Å². The summed E-state index contributed by atoms with van der Waals surface area (Å²) < 4.78 is 0. The number of aryl methyl sites for hydroxylation is 2. The molecule has 25 heavy (non-hydrogen) atoms. The quantitative estimate of drug-likeness (QED) is 0.687. The molecule has 1 heterocycles. The third-order valence-electron chi connectivity index (χ3n) is 4.53.